The Balaban J connectivity index is 2.37. The van der Waals surface area contributed by atoms with Crippen molar-refractivity contribution in [3.05, 3.63) is 47.5 Å². The van der Waals surface area contributed by atoms with Crippen LogP contribution in [-0.4, -0.2) is 33.3 Å². The van der Waals surface area contributed by atoms with Crippen molar-refractivity contribution in [2.45, 2.75) is 19.8 Å². The number of carbonyl (C=O) groups excluding carboxylic acids is 1. The van der Waals surface area contributed by atoms with E-state index in [1.807, 2.05) is 13.0 Å². The number of benzene rings is 2. The second kappa shape index (κ2) is 11.5. The minimum Gasteiger partial charge on any atom is -0.495 e. The highest BCUT2D eigenvalue weighted by Crippen LogP contribution is 2.32. The van der Waals surface area contributed by atoms with Gasteiger partial charge in [-0.3, -0.25) is 4.79 Å². The molecule has 3 N–H and O–H groups in total. The Labute approximate surface area is 177 Å². The molecule has 158 valence electrons. The number of hydrogen-bond acceptors (Lipinski definition) is 6. The van der Waals surface area contributed by atoms with E-state index in [4.69, 9.17) is 19.9 Å². The van der Waals surface area contributed by atoms with E-state index in [0.717, 1.165) is 5.56 Å². The molecule has 0 atom stereocenters. The van der Waals surface area contributed by atoms with Crippen molar-refractivity contribution in [2.75, 3.05) is 32.7 Å². The van der Waals surface area contributed by atoms with Crippen LogP contribution in [0.1, 0.15) is 30.9 Å². The molecule has 0 aliphatic carbocycles. The van der Waals surface area contributed by atoms with Gasteiger partial charge in [-0.05, 0) is 67.4 Å². The number of allylic oxidation sites excluding steroid dienone is 1. The number of nitrogens with two attached hydrogens (primary N) is 1. The van der Waals surface area contributed by atoms with Crippen LogP contribution in [-0.2, 0) is 4.79 Å². The van der Waals surface area contributed by atoms with Gasteiger partial charge in [0.05, 0.1) is 38.2 Å². The summed E-state index contributed by atoms with van der Waals surface area (Å²) >= 11 is 0. The van der Waals surface area contributed by atoms with E-state index in [0.29, 0.717) is 60.1 Å². The maximum Gasteiger partial charge on any atom is 0.224 e. The van der Waals surface area contributed by atoms with E-state index in [2.05, 4.69) is 11.4 Å². The number of nitrogens with zero attached hydrogens (tertiary/aromatic N) is 1. The molecule has 2 rings (SSSR count). The number of nitriles is 1. The highest BCUT2D eigenvalue weighted by molar-refractivity contribution is 5.94. The molecule has 2 aromatic rings. The van der Waals surface area contributed by atoms with Gasteiger partial charge >= 0.3 is 0 Å². The Kier molecular flexibility index (Phi) is 8.73. The van der Waals surface area contributed by atoms with Crippen LogP contribution in [0.3, 0.4) is 0 Å². The van der Waals surface area contributed by atoms with Crippen LogP contribution in [0.15, 0.2) is 36.4 Å². The fourth-order valence-corrected chi connectivity index (χ4v) is 2.85. The molecule has 0 aliphatic heterocycles. The van der Waals surface area contributed by atoms with Crippen molar-refractivity contribution in [3.63, 3.8) is 0 Å². The van der Waals surface area contributed by atoms with Crippen molar-refractivity contribution in [1.82, 2.24) is 0 Å². The van der Waals surface area contributed by atoms with E-state index < -0.39 is 0 Å². The third kappa shape index (κ3) is 6.00. The largest absolute Gasteiger partial charge is 0.495 e. The Morgan fingerprint density at radius 1 is 1.13 bits per heavy atom. The molecule has 0 aliphatic rings. The Morgan fingerprint density at radius 3 is 2.50 bits per heavy atom. The zero-order valence-corrected chi connectivity index (χ0v) is 17.5. The first-order chi connectivity index (χ1) is 14.6. The first-order valence-corrected chi connectivity index (χ1v) is 9.67. The molecule has 0 unspecified atom stereocenters. The first kappa shape index (κ1) is 22.8. The lowest BCUT2D eigenvalue weighted by molar-refractivity contribution is -0.116. The normalized spacial score (nSPS) is 10.8. The minimum atomic E-state index is -0.142. The third-order valence-electron chi connectivity index (χ3n) is 4.31. The van der Waals surface area contributed by atoms with Gasteiger partial charge in [-0.25, -0.2) is 0 Å². The summed E-state index contributed by atoms with van der Waals surface area (Å²) in [5, 5.41) is 12.5. The lowest BCUT2D eigenvalue weighted by atomic mass is 10.0. The van der Waals surface area contributed by atoms with Crippen molar-refractivity contribution >= 4 is 23.2 Å². The lowest BCUT2D eigenvalue weighted by Crippen LogP contribution is -2.14. The topological polar surface area (TPSA) is 107 Å². The summed E-state index contributed by atoms with van der Waals surface area (Å²) in [6.45, 7) is 2.81. The number of hydrogen-bond donors (Lipinski definition) is 2. The molecule has 30 heavy (non-hydrogen) atoms. The first-order valence-electron chi connectivity index (χ1n) is 9.67. The van der Waals surface area contributed by atoms with E-state index in [1.54, 1.807) is 43.5 Å². The summed E-state index contributed by atoms with van der Waals surface area (Å²) < 4.78 is 16.2. The predicted octanol–water partition coefficient (Wildman–Crippen LogP) is 3.84. The third-order valence-corrected chi connectivity index (χ3v) is 4.31. The second-order valence-electron chi connectivity index (χ2n) is 6.37. The van der Waals surface area contributed by atoms with Crippen molar-refractivity contribution < 1.29 is 19.0 Å². The number of nitrogens with one attached hydrogen (secondary N) is 1. The summed E-state index contributed by atoms with van der Waals surface area (Å²) in [7, 11) is 3.10. The number of methoxy groups -OCH3 is 2. The number of amides is 1. The summed E-state index contributed by atoms with van der Waals surface area (Å²) in [5.41, 5.74) is 7.90. The van der Waals surface area contributed by atoms with Crippen LogP contribution in [0, 0.1) is 11.3 Å². The average Bonchev–Trinajstić information content (AvgIpc) is 2.76. The highest BCUT2D eigenvalue weighted by Gasteiger charge is 2.11. The Hall–Kier alpha value is -3.50. The van der Waals surface area contributed by atoms with Crippen molar-refractivity contribution in [2.24, 2.45) is 5.73 Å². The molecule has 0 bridgehead atoms. The molecule has 0 heterocycles. The van der Waals surface area contributed by atoms with E-state index in [9.17, 15) is 10.1 Å². The molecule has 0 aromatic heterocycles. The zero-order valence-electron chi connectivity index (χ0n) is 17.5. The summed E-state index contributed by atoms with van der Waals surface area (Å²) in [5.74, 6) is 1.57. The lowest BCUT2D eigenvalue weighted by Gasteiger charge is -2.12. The van der Waals surface area contributed by atoms with Crippen LogP contribution in [0.2, 0.25) is 0 Å². The quantitative estimate of drug-likeness (QED) is 0.456. The Bertz CT molecular complexity index is 948. The number of rotatable bonds is 10. The molecule has 7 heteroatoms. The van der Waals surface area contributed by atoms with Crippen LogP contribution < -0.4 is 25.3 Å². The standard InChI is InChI=1S/C23H27N3O4/c1-4-30-22-14-17(8-10-21(22)29-3)18(15-25)12-16-7-9-20(28-2)19(13-16)26-23(27)6-5-11-24/h7-10,12-14H,4-6,11,24H2,1-3H3,(H,26,27). The number of carbonyl (C=O) groups is 1. The number of anilines is 1. The maximum absolute atomic E-state index is 12.1. The fourth-order valence-electron chi connectivity index (χ4n) is 2.85. The smallest absolute Gasteiger partial charge is 0.224 e. The molecule has 0 spiro atoms. The molecule has 2 aromatic carbocycles. The van der Waals surface area contributed by atoms with Crippen LogP contribution in [0.5, 0.6) is 17.2 Å². The van der Waals surface area contributed by atoms with Gasteiger partial charge in [0.25, 0.3) is 0 Å². The summed E-state index contributed by atoms with van der Waals surface area (Å²) in [6, 6.07) is 12.9. The van der Waals surface area contributed by atoms with Gasteiger partial charge < -0.3 is 25.3 Å². The molecule has 0 radical (unpaired) electrons. The van der Waals surface area contributed by atoms with Gasteiger partial charge in [0.1, 0.15) is 5.75 Å². The van der Waals surface area contributed by atoms with Crippen LogP contribution in [0.4, 0.5) is 5.69 Å². The molecular weight excluding hydrogens is 382 g/mol. The number of ether oxygens (including phenoxy) is 3. The Morgan fingerprint density at radius 2 is 1.87 bits per heavy atom. The molecule has 0 fully saturated rings. The summed E-state index contributed by atoms with van der Waals surface area (Å²) in [6.07, 6.45) is 2.67. The fraction of sp³-hybridized carbons (Fsp3) is 0.304. The van der Waals surface area contributed by atoms with Crippen molar-refractivity contribution in [1.29, 1.82) is 5.26 Å². The van der Waals surface area contributed by atoms with Crippen molar-refractivity contribution in [3.8, 4) is 23.3 Å². The monoisotopic (exact) mass is 409 g/mol. The SMILES string of the molecule is CCOc1cc(C(C#N)=Cc2ccc(OC)c(NC(=O)CCCN)c2)ccc1OC. The van der Waals surface area contributed by atoms with E-state index >= 15 is 0 Å². The van der Waals surface area contributed by atoms with Crippen LogP contribution >= 0.6 is 0 Å². The zero-order chi connectivity index (χ0) is 21.9. The van der Waals surface area contributed by atoms with Gasteiger partial charge in [-0.2, -0.15) is 5.26 Å². The maximum atomic E-state index is 12.1. The molecule has 7 nitrogen and oxygen atoms in total. The van der Waals surface area contributed by atoms with E-state index in [-0.39, 0.29) is 5.91 Å². The van der Waals surface area contributed by atoms with Gasteiger partial charge in [0.15, 0.2) is 11.5 Å². The minimum absolute atomic E-state index is 0.142. The van der Waals surface area contributed by atoms with Gasteiger partial charge in [0.2, 0.25) is 5.91 Å². The molecule has 0 saturated carbocycles. The molecular formula is C23H27N3O4. The average molecular weight is 409 g/mol. The predicted molar refractivity (Wildman–Crippen MR) is 118 cm³/mol. The molecule has 0 saturated heterocycles. The van der Waals surface area contributed by atoms with Crippen LogP contribution in [0.25, 0.3) is 11.6 Å². The van der Waals surface area contributed by atoms with Gasteiger partial charge in [-0.1, -0.05) is 6.07 Å². The highest BCUT2D eigenvalue weighted by atomic mass is 16.5. The van der Waals surface area contributed by atoms with E-state index in [1.165, 1.54) is 7.11 Å². The summed E-state index contributed by atoms with van der Waals surface area (Å²) in [4.78, 5) is 12.1. The van der Waals surface area contributed by atoms with Gasteiger partial charge in [-0.15, -0.1) is 0 Å². The van der Waals surface area contributed by atoms with Gasteiger partial charge in [0, 0.05) is 6.42 Å². The molecule has 1 amide bonds. The second-order valence-corrected chi connectivity index (χ2v) is 6.37.